The Kier molecular flexibility index (Phi) is 5.31. The molecule has 3 aromatic carbocycles. The van der Waals surface area contributed by atoms with Gasteiger partial charge in [-0.2, -0.15) is 0 Å². The van der Waals surface area contributed by atoms with Crippen LogP contribution in [0, 0.1) is 3.70 Å². The quantitative estimate of drug-likeness (QED) is 0.426. The van der Waals surface area contributed by atoms with E-state index in [4.69, 9.17) is 0 Å². The lowest BCUT2D eigenvalue weighted by atomic mass is 9.96. The van der Waals surface area contributed by atoms with Gasteiger partial charge in [0.1, 0.15) is 21.5 Å². The van der Waals surface area contributed by atoms with Crippen LogP contribution in [0.1, 0.15) is 23.3 Å². The fourth-order valence-corrected chi connectivity index (χ4v) is 3.99. The molecule has 4 aromatic rings. The summed E-state index contributed by atoms with van der Waals surface area (Å²) in [4.78, 5) is 0. The molecule has 0 bridgehead atoms. The number of benzene rings is 3. The van der Waals surface area contributed by atoms with E-state index in [1.165, 1.54) is 0 Å². The van der Waals surface area contributed by atoms with Gasteiger partial charge in [-0.1, -0.05) is 96.2 Å². The third-order valence-electron chi connectivity index (χ3n) is 4.53. The number of hydrogen-bond donors (Lipinski definition) is 1. The van der Waals surface area contributed by atoms with Gasteiger partial charge >= 0.3 is 0 Å². The van der Waals surface area contributed by atoms with E-state index >= 15 is 0 Å². The topological polar surface area (TPSA) is 50.9 Å². The molecule has 27 heavy (non-hydrogen) atoms. The van der Waals surface area contributed by atoms with Gasteiger partial charge in [0.25, 0.3) is 0 Å². The molecule has 1 N–H and O–H groups in total. The fraction of sp³-hybridized carbons (Fsp3) is 0.0909. The molecule has 0 aliphatic rings. The summed E-state index contributed by atoms with van der Waals surface area (Å²) in [5.41, 5.74) is 3.65. The average Bonchev–Trinajstić information content (AvgIpc) is 3.11. The maximum Gasteiger partial charge on any atom is 0.128 e. The zero-order chi connectivity index (χ0) is 18.6. The van der Waals surface area contributed by atoms with Gasteiger partial charge in [-0.3, -0.25) is 0 Å². The molecule has 2 atom stereocenters. The predicted octanol–water partition coefficient (Wildman–Crippen LogP) is 4.87. The predicted molar refractivity (Wildman–Crippen MR) is 114 cm³/mol. The van der Waals surface area contributed by atoms with Gasteiger partial charge in [0.2, 0.25) is 0 Å². The summed E-state index contributed by atoms with van der Waals surface area (Å²) in [5, 5.41) is 20.0. The monoisotopic (exact) mass is 467 g/mol. The van der Waals surface area contributed by atoms with Crippen LogP contribution in [-0.4, -0.2) is 20.1 Å². The average molecular weight is 467 g/mol. The molecule has 0 saturated carbocycles. The number of rotatable bonds is 5. The van der Waals surface area contributed by atoms with Gasteiger partial charge in [-0.25, -0.2) is 4.68 Å². The summed E-state index contributed by atoms with van der Waals surface area (Å²) in [6, 6.07) is 29.2. The second-order valence-corrected chi connectivity index (χ2v) is 7.27. The Morgan fingerprint density at radius 1 is 0.741 bits per heavy atom. The number of aliphatic hydroxyl groups is 1. The summed E-state index contributed by atoms with van der Waals surface area (Å²) >= 11 is 2.26. The molecular formula is C22H18IN3O. The Labute approximate surface area is 171 Å². The first-order chi connectivity index (χ1) is 13.3. The standard InChI is InChI=1S/C22H18IN3O/c23-22-19(16-10-4-1-5-11-16)24-25-26(22)20(17-12-6-2-7-13-17)21(27)18-14-8-3-9-15-18/h1-15,20-21,27H/t20?,21-/m0/s1. The van der Waals surface area contributed by atoms with Crippen LogP contribution in [0.15, 0.2) is 91.0 Å². The Hall–Kier alpha value is -2.51. The van der Waals surface area contributed by atoms with Crippen molar-refractivity contribution in [3.63, 3.8) is 0 Å². The van der Waals surface area contributed by atoms with Crippen molar-refractivity contribution in [1.82, 2.24) is 15.0 Å². The molecule has 0 fully saturated rings. The summed E-state index contributed by atoms with van der Waals surface area (Å²) in [5.74, 6) is 0. The number of halogens is 1. The van der Waals surface area contributed by atoms with Crippen molar-refractivity contribution in [1.29, 1.82) is 0 Å². The van der Waals surface area contributed by atoms with Gasteiger partial charge in [-0.15, -0.1) is 5.10 Å². The summed E-state index contributed by atoms with van der Waals surface area (Å²) in [6.07, 6.45) is -0.743. The number of nitrogens with zero attached hydrogens (tertiary/aromatic N) is 3. The van der Waals surface area contributed by atoms with Crippen LogP contribution >= 0.6 is 22.6 Å². The molecule has 0 radical (unpaired) electrons. The number of aromatic nitrogens is 3. The fourth-order valence-electron chi connectivity index (χ4n) is 3.17. The van der Waals surface area contributed by atoms with Gasteiger partial charge < -0.3 is 5.11 Å². The van der Waals surface area contributed by atoms with Gasteiger partial charge in [0, 0.05) is 5.56 Å². The van der Waals surface area contributed by atoms with Crippen LogP contribution in [0.25, 0.3) is 11.3 Å². The Morgan fingerprint density at radius 3 is 1.85 bits per heavy atom. The molecule has 4 rings (SSSR count). The minimum absolute atomic E-state index is 0.370. The maximum absolute atomic E-state index is 11.2. The smallest absolute Gasteiger partial charge is 0.128 e. The van der Waals surface area contributed by atoms with Crippen LogP contribution in [0.4, 0.5) is 0 Å². The molecular weight excluding hydrogens is 449 g/mol. The van der Waals surface area contributed by atoms with Crippen LogP contribution in [0.5, 0.6) is 0 Å². The van der Waals surface area contributed by atoms with E-state index < -0.39 is 6.10 Å². The zero-order valence-electron chi connectivity index (χ0n) is 14.5. The molecule has 0 spiro atoms. The molecule has 1 unspecified atom stereocenters. The highest BCUT2D eigenvalue weighted by atomic mass is 127. The second kappa shape index (κ2) is 8.02. The SMILES string of the molecule is O[C@@H](c1ccccc1)C(c1ccccc1)n1nnc(-c2ccccc2)c1I. The van der Waals surface area contributed by atoms with Crippen LogP contribution in [-0.2, 0) is 0 Å². The minimum Gasteiger partial charge on any atom is -0.386 e. The van der Waals surface area contributed by atoms with Crippen LogP contribution in [0.3, 0.4) is 0 Å². The summed E-state index contributed by atoms with van der Waals surface area (Å²) in [6.45, 7) is 0. The Bertz CT molecular complexity index is 1000. The lowest BCUT2D eigenvalue weighted by Gasteiger charge is -2.24. The van der Waals surface area contributed by atoms with Crippen molar-refractivity contribution in [3.05, 3.63) is 106 Å². The van der Waals surface area contributed by atoms with E-state index in [-0.39, 0.29) is 6.04 Å². The molecule has 1 aromatic heterocycles. The second-order valence-electron chi connectivity index (χ2n) is 6.25. The highest BCUT2D eigenvalue weighted by molar-refractivity contribution is 14.1. The molecule has 0 saturated heterocycles. The number of aliphatic hydroxyl groups excluding tert-OH is 1. The van der Waals surface area contributed by atoms with Gasteiger partial charge in [0.15, 0.2) is 0 Å². The molecule has 5 heteroatoms. The molecule has 134 valence electrons. The first kappa shape index (κ1) is 17.9. The van der Waals surface area contributed by atoms with Gasteiger partial charge in [-0.05, 0) is 33.7 Å². The van der Waals surface area contributed by atoms with Crippen molar-refractivity contribution in [2.75, 3.05) is 0 Å². The maximum atomic E-state index is 11.2. The van der Waals surface area contributed by atoms with E-state index in [0.717, 1.165) is 26.1 Å². The minimum atomic E-state index is -0.743. The van der Waals surface area contributed by atoms with Crippen molar-refractivity contribution in [2.45, 2.75) is 12.1 Å². The zero-order valence-corrected chi connectivity index (χ0v) is 16.6. The van der Waals surface area contributed by atoms with Crippen molar-refractivity contribution in [3.8, 4) is 11.3 Å². The number of hydrogen-bond acceptors (Lipinski definition) is 3. The van der Waals surface area contributed by atoms with E-state index in [1.54, 1.807) is 0 Å². The first-order valence-corrected chi connectivity index (χ1v) is 9.77. The van der Waals surface area contributed by atoms with Crippen molar-refractivity contribution in [2.24, 2.45) is 0 Å². The largest absolute Gasteiger partial charge is 0.386 e. The third-order valence-corrected chi connectivity index (χ3v) is 5.53. The van der Waals surface area contributed by atoms with Crippen LogP contribution < -0.4 is 0 Å². The van der Waals surface area contributed by atoms with E-state index in [1.807, 2.05) is 95.7 Å². The third kappa shape index (κ3) is 3.65. The molecule has 4 nitrogen and oxygen atoms in total. The van der Waals surface area contributed by atoms with E-state index in [9.17, 15) is 5.11 Å². The highest BCUT2D eigenvalue weighted by Gasteiger charge is 2.28. The molecule has 0 amide bonds. The normalized spacial score (nSPS) is 13.3. The molecule has 0 aliphatic heterocycles. The summed E-state index contributed by atoms with van der Waals surface area (Å²) in [7, 11) is 0. The Morgan fingerprint density at radius 2 is 1.26 bits per heavy atom. The van der Waals surface area contributed by atoms with Crippen LogP contribution in [0.2, 0.25) is 0 Å². The summed E-state index contributed by atoms with van der Waals surface area (Å²) < 4.78 is 2.71. The van der Waals surface area contributed by atoms with E-state index in [0.29, 0.717) is 0 Å². The van der Waals surface area contributed by atoms with Crippen molar-refractivity contribution < 1.29 is 5.11 Å². The lowest BCUT2D eigenvalue weighted by molar-refractivity contribution is 0.123. The Balaban J connectivity index is 1.82. The van der Waals surface area contributed by atoms with Gasteiger partial charge in [0.05, 0.1) is 0 Å². The molecule has 0 aliphatic carbocycles. The van der Waals surface area contributed by atoms with Crippen molar-refractivity contribution >= 4 is 22.6 Å². The van der Waals surface area contributed by atoms with E-state index in [2.05, 4.69) is 32.9 Å². The molecule has 1 heterocycles. The highest BCUT2D eigenvalue weighted by Crippen LogP contribution is 2.35. The first-order valence-electron chi connectivity index (χ1n) is 8.70. The lowest BCUT2D eigenvalue weighted by Crippen LogP contribution is -2.21.